The van der Waals surface area contributed by atoms with Crippen LogP contribution in [0, 0.1) is 11.2 Å². The van der Waals surface area contributed by atoms with E-state index in [1.807, 2.05) is 0 Å². The summed E-state index contributed by atoms with van der Waals surface area (Å²) in [7, 11) is 0. The molecule has 1 saturated carbocycles. The molecule has 0 amide bonds. The smallest absolute Gasteiger partial charge is 0.368 e. The van der Waals surface area contributed by atoms with E-state index in [0.717, 1.165) is 18.0 Å². The van der Waals surface area contributed by atoms with Gasteiger partial charge in [0.1, 0.15) is 17.0 Å². The quantitative estimate of drug-likeness (QED) is 0.379. The summed E-state index contributed by atoms with van der Waals surface area (Å²) in [5, 5.41) is 0. The molecule has 0 radical (unpaired) electrons. The first-order valence-electron chi connectivity index (χ1n) is 10.3. The van der Waals surface area contributed by atoms with Crippen molar-refractivity contribution in [3.63, 3.8) is 0 Å². The van der Waals surface area contributed by atoms with E-state index in [1.54, 1.807) is 13.8 Å². The molecule has 0 bridgehead atoms. The van der Waals surface area contributed by atoms with Crippen molar-refractivity contribution in [3.8, 4) is 11.3 Å². The van der Waals surface area contributed by atoms with Crippen molar-refractivity contribution in [3.05, 3.63) is 40.6 Å². The van der Waals surface area contributed by atoms with Gasteiger partial charge in [0.2, 0.25) is 5.95 Å². The minimum Gasteiger partial charge on any atom is -0.368 e. The number of halogens is 4. The maximum atomic E-state index is 14.8. The first-order chi connectivity index (χ1) is 15.5. The zero-order valence-corrected chi connectivity index (χ0v) is 18.7. The van der Waals surface area contributed by atoms with Crippen LogP contribution >= 0.6 is 11.9 Å². The van der Waals surface area contributed by atoms with Gasteiger partial charge in [-0.3, -0.25) is 9.36 Å². The number of fused-ring (bicyclic) bond motifs is 1. The van der Waals surface area contributed by atoms with E-state index >= 15 is 0 Å². The Kier molecular flexibility index (Phi) is 5.97. The number of aromatic nitrogens is 4. The van der Waals surface area contributed by atoms with Crippen LogP contribution in [-0.4, -0.2) is 31.4 Å². The van der Waals surface area contributed by atoms with Crippen molar-refractivity contribution in [1.29, 1.82) is 0 Å². The molecule has 4 rings (SSSR count). The van der Waals surface area contributed by atoms with Crippen LogP contribution in [0.15, 0.2) is 29.2 Å². The molecular formula is C21H22F4N6OS. The first-order valence-corrected chi connectivity index (χ1v) is 11.3. The average molecular weight is 483 g/mol. The van der Waals surface area contributed by atoms with Gasteiger partial charge in [0.15, 0.2) is 5.65 Å². The minimum absolute atomic E-state index is 0.000902. The van der Waals surface area contributed by atoms with Crippen LogP contribution in [0.25, 0.3) is 22.4 Å². The number of benzene rings is 1. The van der Waals surface area contributed by atoms with Gasteiger partial charge in [-0.2, -0.15) is 18.2 Å². The lowest BCUT2D eigenvalue weighted by Gasteiger charge is -2.42. The zero-order valence-electron chi connectivity index (χ0n) is 17.9. The minimum atomic E-state index is -4.28. The number of nitrogens with one attached hydrogen (secondary N) is 1. The standard InChI is InChI=1S/C21H22F4N6OS/c1-11(2)31-17-15(9-27-19(26)29-17)28-16(18(31)32)12-4-5-14(13(22)8-12)30-33-10-20(6-3-7-20)21(23,24)25/h4-5,8-9,11,30H,3,6-7,10H2,1-2H3,(H2,26,27,29). The van der Waals surface area contributed by atoms with E-state index in [9.17, 15) is 22.4 Å². The Hall–Kier alpha value is -2.89. The maximum absolute atomic E-state index is 14.8. The van der Waals surface area contributed by atoms with Gasteiger partial charge in [-0.25, -0.2) is 14.4 Å². The molecule has 2 heterocycles. The normalized spacial score (nSPS) is 15.6. The second kappa shape index (κ2) is 8.47. The van der Waals surface area contributed by atoms with Gasteiger partial charge >= 0.3 is 6.18 Å². The predicted octanol–water partition coefficient (Wildman–Crippen LogP) is 4.95. The molecule has 12 heteroatoms. The number of anilines is 2. The van der Waals surface area contributed by atoms with Crippen molar-refractivity contribution in [2.24, 2.45) is 5.41 Å². The molecule has 1 aromatic carbocycles. The van der Waals surface area contributed by atoms with Crippen LogP contribution in [0.3, 0.4) is 0 Å². The van der Waals surface area contributed by atoms with E-state index in [0.29, 0.717) is 11.9 Å². The van der Waals surface area contributed by atoms with Crippen molar-refractivity contribution >= 4 is 34.7 Å². The zero-order chi connectivity index (χ0) is 24.0. The third-order valence-corrected chi connectivity index (χ3v) is 6.91. The monoisotopic (exact) mass is 482 g/mol. The topological polar surface area (TPSA) is 98.7 Å². The Bertz CT molecular complexity index is 1260. The van der Waals surface area contributed by atoms with Crippen molar-refractivity contribution in [1.82, 2.24) is 19.5 Å². The second-order valence-electron chi connectivity index (χ2n) is 8.38. The summed E-state index contributed by atoms with van der Waals surface area (Å²) in [5.74, 6) is -0.911. The number of hydrogen-bond donors (Lipinski definition) is 2. The fourth-order valence-corrected chi connectivity index (χ4v) is 4.91. The van der Waals surface area contributed by atoms with Crippen LogP contribution in [0.4, 0.5) is 29.2 Å². The van der Waals surface area contributed by atoms with Gasteiger partial charge in [-0.05, 0) is 38.8 Å². The Balaban J connectivity index is 1.61. The Labute approximate surface area is 191 Å². The molecule has 0 atom stereocenters. The molecule has 1 fully saturated rings. The molecule has 0 saturated heterocycles. The van der Waals surface area contributed by atoms with Crippen molar-refractivity contribution in [2.45, 2.75) is 45.3 Å². The van der Waals surface area contributed by atoms with E-state index in [-0.39, 0.29) is 53.2 Å². The van der Waals surface area contributed by atoms with Crippen LogP contribution in [0.2, 0.25) is 0 Å². The lowest BCUT2D eigenvalue weighted by molar-refractivity contribution is -0.240. The summed E-state index contributed by atoms with van der Waals surface area (Å²) >= 11 is 0.825. The highest BCUT2D eigenvalue weighted by Crippen LogP contribution is 2.54. The highest BCUT2D eigenvalue weighted by molar-refractivity contribution is 8.00. The molecule has 3 aromatic rings. The van der Waals surface area contributed by atoms with E-state index < -0.39 is 23.0 Å². The largest absolute Gasteiger partial charge is 0.395 e. The Morgan fingerprint density at radius 1 is 1.27 bits per heavy atom. The fourth-order valence-electron chi connectivity index (χ4n) is 3.79. The number of nitrogen functional groups attached to an aromatic ring is 1. The molecule has 1 aliphatic carbocycles. The maximum Gasteiger partial charge on any atom is 0.395 e. The van der Waals surface area contributed by atoms with Crippen molar-refractivity contribution < 1.29 is 17.6 Å². The lowest BCUT2D eigenvalue weighted by Crippen LogP contribution is -2.46. The van der Waals surface area contributed by atoms with Crippen LogP contribution in [0.1, 0.15) is 39.2 Å². The average Bonchev–Trinajstić information content (AvgIpc) is 2.69. The van der Waals surface area contributed by atoms with Crippen LogP contribution in [0.5, 0.6) is 0 Å². The highest BCUT2D eigenvalue weighted by atomic mass is 32.2. The first kappa shape index (κ1) is 23.3. The van der Waals surface area contributed by atoms with Crippen molar-refractivity contribution in [2.75, 3.05) is 16.2 Å². The Morgan fingerprint density at radius 2 is 2.00 bits per heavy atom. The van der Waals surface area contributed by atoms with Gasteiger partial charge in [0.25, 0.3) is 5.56 Å². The molecule has 7 nitrogen and oxygen atoms in total. The van der Waals surface area contributed by atoms with Gasteiger partial charge in [0, 0.05) is 17.4 Å². The molecule has 33 heavy (non-hydrogen) atoms. The van der Waals surface area contributed by atoms with Crippen LogP contribution < -0.4 is 16.0 Å². The number of alkyl halides is 3. The summed E-state index contributed by atoms with van der Waals surface area (Å²) in [5.41, 5.74) is 4.32. The summed E-state index contributed by atoms with van der Waals surface area (Å²) in [6, 6.07) is 3.73. The molecule has 0 unspecified atom stereocenters. The van der Waals surface area contributed by atoms with E-state index in [4.69, 9.17) is 5.73 Å². The summed E-state index contributed by atoms with van der Waals surface area (Å²) in [6.07, 6.45) is -2.20. The number of nitrogens with two attached hydrogens (primary N) is 1. The third-order valence-electron chi connectivity index (χ3n) is 5.85. The predicted molar refractivity (Wildman–Crippen MR) is 120 cm³/mol. The summed E-state index contributed by atoms with van der Waals surface area (Å²) in [6.45, 7) is 3.59. The SMILES string of the molecule is CC(C)n1c(=O)c(-c2ccc(NSCC3(C(F)(F)F)CCC3)c(F)c2)nc2cnc(N)nc21. The van der Waals surface area contributed by atoms with Crippen LogP contribution in [-0.2, 0) is 0 Å². The summed E-state index contributed by atoms with van der Waals surface area (Å²) in [4.78, 5) is 25.4. The molecule has 0 spiro atoms. The molecular weight excluding hydrogens is 460 g/mol. The second-order valence-corrected chi connectivity index (χ2v) is 9.16. The number of rotatable bonds is 6. The molecule has 1 aliphatic rings. The summed E-state index contributed by atoms with van der Waals surface area (Å²) < 4.78 is 58.7. The lowest BCUT2D eigenvalue weighted by atomic mass is 9.70. The number of nitrogens with zero attached hydrogens (tertiary/aromatic N) is 4. The Morgan fingerprint density at radius 3 is 2.58 bits per heavy atom. The molecule has 3 N–H and O–H groups in total. The third kappa shape index (κ3) is 4.23. The number of hydrogen-bond acceptors (Lipinski definition) is 7. The van der Waals surface area contributed by atoms with Gasteiger partial charge < -0.3 is 10.5 Å². The fraction of sp³-hybridized carbons (Fsp3) is 0.429. The van der Waals surface area contributed by atoms with E-state index in [2.05, 4.69) is 19.7 Å². The van der Waals surface area contributed by atoms with Gasteiger partial charge in [-0.15, -0.1) is 0 Å². The highest BCUT2D eigenvalue weighted by Gasteiger charge is 2.57. The molecule has 2 aromatic heterocycles. The molecule has 176 valence electrons. The van der Waals surface area contributed by atoms with E-state index in [1.165, 1.54) is 22.9 Å². The van der Waals surface area contributed by atoms with Gasteiger partial charge in [0.05, 0.1) is 17.3 Å². The molecule has 0 aliphatic heterocycles. The van der Waals surface area contributed by atoms with Gasteiger partial charge in [-0.1, -0.05) is 24.4 Å².